The van der Waals surface area contributed by atoms with Gasteiger partial charge in [-0.1, -0.05) is 6.92 Å². The highest BCUT2D eigenvalue weighted by atomic mass is 32.2. The number of hydrogen-bond donors (Lipinski definition) is 2. The average Bonchev–Trinajstić information content (AvgIpc) is 3.32. The van der Waals surface area contributed by atoms with Crippen molar-refractivity contribution in [2.45, 2.75) is 56.5 Å². The molecule has 0 aromatic carbocycles. The fraction of sp³-hybridized carbons (Fsp3) is 0.700. The molecule has 0 spiro atoms. The first-order valence-electron chi connectivity index (χ1n) is 10.4. The second-order valence-electron chi connectivity index (χ2n) is 8.65. The van der Waals surface area contributed by atoms with Crippen LogP contribution >= 0.6 is 11.8 Å². The van der Waals surface area contributed by atoms with Crippen LogP contribution in [0.25, 0.3) is 0 Å². The number of H-pyrrole nitrogens is 2. The van der Waals surface area contributed by atoms with Crippen LogP contribution in [0.3, 0.4) is 0 Å². The Balaban J connectivity index is 1.47. The van der Waals surface area contributed by atoms with Gasteiger partial charge in [0.25, 0.3) is 0 Å². The van der Waals surface area contributed by atoms with Gasteiger partial charge in [-0.05, 0) is 25.0 Å². The van der Waals surface area contributed by atoms with Gasteiger partial charge in [-0.15, -0.1) is 11.8 Å². The summed E-state index contributed by atoms with van der Waals surface area (Å²) in [7, 11) is 1.70. The molecule has 0 aliphatic carbocycles. The molecule has 0 saturated heterocycles. The molecule has 7 nitrogen and oxygen atoms in total. The quantitative estimate of drug-likeness (QED) is 0.619. The number of rotatable bonds is 7. The molecule has 0 saturated carbocycles. The predicted octanol–water partition coefficient (Wildman–Crippen LogP) is 3.50. The zero-order chi connectivity index (χ0) is 22.2. The van der Waals surface area contributed by atoms with E-state index in [0.717, 1.165) is 47.9 Å². The number of hydrogen-bond acceptors (Lipinski definition) is 6. The smallest absolute Gasteiger partial charge is 0.369 e. The lowest BCUT2D eigenvalue weighted by atomic mass is 9.88. The zero-order valence-corrected chi connectivity index (χ0v) is 18.9. The number of nitrogens with one attached hydrogen (secondary N) is 2. The number of alkyl halides is 3. The molecule has 2 aliphatic heterocycles. The van der Waals surface area contributed by atoms with Crippen molar-refractivity contribution in [3.8, 4) is 0 Å². The summed E-state index contributed by atoms with van der Waals surface area (Å²) in [4.78, 5) is 3.71. The Bertz CT molecular complexity index is 898. The summed E-state index contributed by atoms with van der Waals surface area (Å²) in [5.41, 5.74) is 5.06. The van der Waals surface area contributed by atoms with Crippen molar-refractivity contribution in [2.24, 2.45) is 5.92 Å². The molecule has 2 aliphatic rings. The number of aromatic amines is 2. The van der Waals surface area contributed by atoms with Crippen molar-refractivity contribution in [3.63, 3.8) is 0 Å². The number of ether oxygens (including phenoxy) is 1. The van der Waals surface area contributed by atoms with Crippen LogP contribution < -0.4 is 0 Å². The molecule has 2 atom stereocenters. The Morgan fingerprint density at radius 3 is 2.58 bits per heavy atom. The molecule has 31 heavy (non-hydrogen) atoms. The normalized spacial score (nSPS) is 21.2. The summed E-state index contributed by atoms with van der Waals surface area (Å²) in [6, 6.07) is 0. The highest BCUT2D eigenvalue weighted by Gasteiger charge is 2.36. The van der Waals surface area contributed by atoms with Gasteiger partial charge in [0.05, 0.1) is 24.7 Å². The SMILES string of the molecule is COCN1Cc2c(SC)n[nH]c2CC(CC(C)c2n[nH]c3c2CN(CC(F)(F)F)C3)C1. The summed E-state index contributed by atoms with van der Waals surface area (Å²) in [5, 5.41) is 16.2. The number of nitrogens with zero attached hydrogens (tertiary/aromatic N) is 4. The lowest BCUT2D eigenvalue weighted by Gasteiger charge is -2.25. The van der Waals surface area contributed by atoms with E-state index >= 15 is 0 Å². The number of thioether (sulfide) groups is 1. The molecule has 2 aromatic rings. The van der Waals surface area contributed by atoms with Gasteiger partial charge in [0.1, 0.15) is 5.03 Å². The average molecular weight is 459 g/mol. The van der Waals surface area contributed by atoms with Gasteiger partial charge in [0.15, 0.2) is 0 Å². The topological polar surface area (TPSA) is 73.1 Å². The van der Waals surface area contributed by atoms with E-state index < -0.39 is 12.7 Å². The molecule has 4 heterocycles. The molecule has 0 fully saturated rings. The van der Waals surface area contributed by atoms with Crippen molar-refractivity contribution in [1.29, 1.82) is 0 Å². The Kier molecular flexibility index (Phi) is 6.66. The summed E-state index contributed by atoms with van der Waals surface area (Å²) >= 11 is 1.64. The Hall–Kier alpha value is -1.56. The Morgan fingerprint density at radius 2 is 1.87 bits per heavy atom. The standard InChI is InChI=1S/C20H29F3N6OS/c1-12(18-14-7-28(10-20(21,22)23)9-17(14)25-26-18)4-13-5-16-15(19(31-3)27-24-16)8-29(6-13)11-30-2/h12-13H,4-11H2,1-3H3,(H,24,27)(H,25,26). The van der Waals surface area contributed by atoms with Crippen LogP contribution in [0.5, 0.6) is 0 Å². The molecule has 4 rings (SSSR count). The molecule has 0 radical (unpaired) electrons. The second-order valence-corrected chi connectivity index (χ2v) is 9.45. The van der Waals surface area contributed by atoms with Gasteiger partial charge in [0.2, 0.25) is 0 Å². The van der Waals surface area contributed by atoms with Gasteiger partial charge in [-0.3, -0.25) is 20.0 Å². The van der Waals surface area contributed by atoms with E-state index in [0.29, 0.717) is 19.2 Å². The maximum absolute atomic E-state index is 12.8. The third-order valence-electron chi connectivity index (χ3n) is 6.12. The number of fused-ring (bicyclic) bond motifs is 2. The van der Waals surface area contributed by atoms with Gasteiger partial charge in [0, 0.05) is 56.0 Å². The van der Waals surface area contributed by atoms with Crippen LogP contribution in [-0.2, 0) is 30.8 Å². The maximum Gasteiger partial charge on any atom is 0.401 e. The van der Waals surface area contributed by atoms with Gasteiger partial charge < -0.3 is 4.74 Å². The zero-order valence-electron chi connectivity index (χ0n) is 18.1. The number of methoxy groups -OCH3 is 1. The third kappa shape index (κ3) is 5.10. The molecule has 172 valence electrons. The highest BCUT2D eigenvalue weighted by Crippen LogP contribution is 2.35. The highest BCUT2D eigenvalue weighted by molar-refractivity contribution is 7.98. The van der Waals surface area contributed by atoms with Crippen LogP contribution in [0.15, 0.2) is 5.03 Å². The van der Waals surface area contributed by atoms with E-state index in [2.05, 4.69) is 32.2 Å². The maximum atomic E-state index is 12.8. The largest absolute Gasteiger partial charge is 0.401 e. The van der Waals surface area contributed by atoms with Gasteiger partial charge in [-0.2, -0.15) is 23.4 Å². The summed E-state index contributed by atoms with van der Waals surface area (Å²) < 4.78 is 43.8. The fourth-order valence-electron chi connectivity index (χ4n) is 4.94. The van der Waals surface area contributed by atoms with E-state index in [1.54, 1.807) is 18.9 Å². The van der Waals surface area contributed by atoms with E-state index in [9.17, 15) is 13.2 Å². The minimum absolute atomic E-state index is 0.143. The number of aromatic nitrogens is 4. The molecule has 2 aromatic heterocycles. The first-order valence-corrected chi connectivity index (χ1v) is 11.7. The van der Waals surface area contributed by atoms with Crippen LogP contribution in [0, 0.1) is 5.92 Å². The predicted molar refractivity (Wildman–Crippen MR) is 112 cm³/mol. The monoisotopic (exact) mass is 458 g/mol. The lowest BCUT2D eigenvalue weighted by molar-refractivity contribution is -0.147. The molecule has 0 bridgehead atoms. The molecular weight excluding hydrogens is 429 g/mol. The lowest BCUT2D eigenvalue weighted by Crippen LogP contribution is -2.31. The van der Waals surface area contributed by atoms with E-state index in [4.69, 9.17) is 4.74 Å². The van der Waals surface area contributed by atoms with Crippen molar-refractivity contribution in [2.75, 3.05) is 33.2 Å². The van der Waals surface area contributed by atoms with Gasteiger partial charge >= 0.3 is 6.18 Å². The fourth-order valence-corrected chi connectivity index (χ4v) is 5.51. The van der Waals surface area contributed by atoms with Crippen LogP contribution in [-0.4, -0.2) is 69.6 Å². The third-order valence-corrected chi connectivity index (χ3v) is 6.84. The molecule has 11 heteroatoms. The van der Waals surface area contributed by atoms with Crippen LogP contribution in [0.2, 0.25) is 0 Å². The molecular formula is C20H29F3N6OS. The summed E-state index contributed by atoms with van der Waals surface area (Å²) in [6.45, 7) is 4.04. The Morgan fingerprint density at radius 1 is 1.13 bits per heavy atom. The Labute approximate surface area is 184 Å². The van der Waals surface area contributed by atoms with E-state index in [1.165, 1.54) is 16.2 Å². The molecule has 0 amide bonds. The minimum Gasteiger partial charge on any atom is -0.369 e. The van der Waals surface area contributed by atoms with E-state index in [1.807, 2.05) is 6.26 Å². The van der Waals surface area contributed by atoms with Crippen molar-refractivity contribution < 1.29 is 17.9 Å². The van der Waals surface area contributed by atoms with Crippen LogP contribution in [0.4, 0.5) is 13.2 Å². The van der Waals surface area contributed by atoms with Crippen molar-refractivity contribution in [1.82, 2.24) is 30.2 Å². The summed E-state index contributed by atoms with van der Waals surface area (Å²) in [5.74, 6) is 0.506. The molecule has 2 N–H and O–H groups in total. The summed E-state index contributed by atoms with van der Waals surface area (Å²) in [6.07, 6.45) is -0.378. The van der Waals surface area contributed by atoms with E-state index in [-0.39, 0.29) is 12.5 Å². The first-order chi connectivity index (χ1) is 14.8. The first kappa shape index (κ1) is 22.6. The minimum atomic E-state index is -4.19. The number of halogens is 3. The van der Waals surface area contributed by atoms with Crippen molar-refractivity contribution >= 4 is 11.8 Å². The van der Waals surface area contributed by atoms with Gasteiger partial charge in [-0.25, -0.2) is 0 Å². The molecule has 2 unspecified atom stereocenters. The second kappa shape index (κ2) is 9.13. The van der Waals surface area contributed by atoms with Crippen molar-refractivity contribution in [3.05, 3.63) is 28.2 Å². The van der Waals surface area contributed by atoms with Crippen LogP contribution in [0.1, 0.15) is 47.5 Å².